The van der Waals surface area contributed by atoms with Crippen molar-refractivity contribution < 1.29 is 24.5 Å². The van der Waals surface area contributed by atoms with Crippen LogP contribution in [0.3, 0.4) is 0 Å². The van der Waals surface area contributed by atoms with Crippen LogP contribution in [-0.4, -0.2) is 68.9 Å². The van der Waals surface area contributed by atoms with Crippen LogP contribution in [0.1, 0.15) is 32.8 Å². The Hall–Kier alpha value is -2.88. The Morgan fingerprint density at radius 3 is 2.44 bits per heavy atom. The number of nitriles is 1. The van der Waals surface area contributed by atoms with Crippen molar-refractivity contribution >= 4 is 33.6 Å². The van der Waals surface area contributed by atoms with Gasteiger partial charge in [0, 0.05) is 25.4 Å². The second kappa shape index (κ2) is 14.4. The molecule has 2 aromatic rings. The maximum atomic E-state index is 11.6. The first-order chi connectivity index (χ1) is 16.4. The molecule has 0 unspecified atom stereocenters. The highest BCUT2D eigenvalue weighted by Gasteiger charge is 2.18. The Morgan fingerprint density at radius 1 is 1.12 bits per heavy atom. The minimum Gasteiger partial charge on any atom is -0.394 e. The van der Waals surface area contributed by atoms with E-state index in [0.29, 0.717) is 53.1 Å². The lowest BCUT2D eigenvalue weighted by Crippen LogP contribution is -2.29. The standard InChI is InChI=1S/C23H31N5O5S/c1-16-14-18(28(7-11-33-13-9-30)6-3-10-32-12-8-29)4-5-20(16)26-27-23-19(15-24)17(2)21(34-23)22(25)31/h4-5,14,29-30H,3,6-13H2,1-2H3,(H2,25,31)/b27-26+. The number of carbonyl (C=O) groups excluding carboxylic acids is 1. The molecule has 34 heavy (non-hydrogen) atoms. The van der Waals surface area contributed by atoms with Gasteiger partial charge in [-0.2, -0.15) is 5.26 Å². The summed E-state index contributed by atoms with van der Waals surface area (Å²) in [5.74, 6) is -0.592. The number of carbonyl (C=O) groups is 1. The third kappa shape index (κ3) is 7.86. The number of ether oxygens (including phenoxy) is 2. The number of rotatable bonds is 15. The van der Waals surface area contributed by atoms with Crippen LogP contribution >= 0.6 is 11.3 Å². The van der Waals surface area contributed by atoms with Crippen molar-refractivity contribution in [3.63, 3.8) is 0 Å². The molecule has 0 atom stereocenters. The van der Waals surface area contributed by atoms with Gasteiger partial charge in [-0.05, 0) is 49.6 Å². The lowest BCUT2D eigenvalue weighted by molar-refractivity contribution is 0.0890. The third-order valence-electron chi connectivity index (χ3n) is 4.95. The van der Waals surface area contributed by atoms with E-state index in [1.165, 1.54) is 0 Å². The maximum Gasteiger partial charge on any atom is 0.259 e. The van der Waals surface area contributed by atoms with Crippen molar-refractivity contribution in [3.05, 3.63) is 39.8 Å². The lowest BCUT2D eigenvalue weighted by atomic mass is 10.1. The van der Waals surface area contributed by atoms with Crippen molar-refractivity contribution in [2.75, 3.05) is 57.6 Å². The van der Waals surface area contributed by atoms with Gasteiger partial charge in [0.1, 0.15) is 6.07 Å². The molecule has 4 N–H and O–H groups in total. The molecule has 0 spiro atoms. The molecule has 0 aliphatic carbocycles. The second-order valence-corrected chi connectivity index (χ2v) is 8.39. The van der Waals surface area contributed by atoms with E-state index in [1.807, 2.05) is 25.1 Å². The van der Waals surface area contributed by atoms with Crippen LogP contribution in [-0.2, 0) is 9.47 Å². The first kappa shape index (κ1) is 27.4. The molecule has 0 aliphatic heterocycles. The molecule has 10 nitrogen and oxygen atoms in total. The van der Waals surface area contributed by atoms with Crippen molar-refractivity contribution in [2.45, 2.75) is 20.3 Å². The predicted octanol–water partition coefficient (Wildman–Crippen LogP) is 2.97. The van der Waals surface area contributed by atoms with E-state index < -0.39 is 5.91 Å². The summed E-state index contributed by atoms with van der Waals surface area (Å²) in [4.78, 5) is 14.0. The number of anilines is 1. The lowest BCUT2D eigenvalue weighted by Gasteiger charge is -2.25. The van der Waals surface area contributed by atoms with Crippen molar-refractivity contribution in [1.29, 1.82) is 5.26 Å². The molecule has 0 fully saturated rings. The molecule has 0 saturated carbocycles. The van der Waals surface area contributed by atoms with Gasteiger partial charge in [0.05, 0.1) is 49.2 Å². The molecule has 184 valence electrons. The summed E-state index contributed by atoms with van der Waals surface area (Å²) in [6.07, 6.45) is 0.775. The van der Waals surface area contributed by atoms with E-state index in [2.05, 4.69) is 21.2 Å². The molecule has 0 aliphatic rings. The number of aryl methyl sites for hydroxylation is 1. The van der Waals surface area contributed by atoms with Gasteiger partial charge in [0.25, 0.3) is 5.91 Å². The number of thiophene rings is 1. The fourth-order valence-electron chi connectivity index (χ4n) is 3.22. The molecule has 0 bridgehead atoms. The molecule has 1 aromatic heterocycles. The molecule has 1 heterocycles. The summed E-state index contributed by atoms with van der Waals surface area (Å²) < 4.78 is 10.8. The number of nitrogens with two attached hydrogens (primary N) is 1. The molecule has 2 rings (SSSR count). The van der Waals surface area contributed by atoms with Crippen LogP contribution < -0.4 is 10.6 Å². The zero-order valence-electron chi connectivity index (χ0n) is 19.5. The molecule has 0 saturated heterocycles. The largest absolute Gasteiger partial charge is 0.394 e. The Bertz CT molecular complexity index is 1020. The van der Waals surface area contributed by atoms with Gasteiger partial charge >= 0.3 is 0 Å². The fourth-order valence-corrected chi connectivity index (χ4v) is 4.15. The number of amides is 1. The molecule has 1 aromatic carbocycles. The number of azo groups is 1. The number of benzene rings is 1. The van der Waals surface area contributed by atoms with Crippen LogP contribution in [0, 0.1) is 25.2 Å². The molecular formula is C23H31N5O5S. The van der Waals surface area contributed by atoms with Crippen LogP contribution in [0.25, 0.3) is 0 Å². The predicted molar refractivity (Wildman–Crippen MR) is 130 cm³/mol. The Balaban J connectivity index is 2.17. The van der Waals surface area contributed by atoms with E-state index >= 15 is 0 Å². The second-order valence-electron chi connectivity index (χ2n) is 7.40. The van der Waals surface area contributed by atoms with Crippen LogP contribution in [0.4, 0.5) is 16.4 Å². The normalized spacial score (nSPS) is 11.1. The van der Waals surface area contributed by atoms with Crippen molar-refractivity contribution in [3.8, 4) is 6.07 Å². The SMILES string of the molecule is Cc1cc(N(CCCOCCO)CCOCCO)ccc1/N=N/c1sc(C(N)=O)c(C)c1C#N. The summed E-state index contributed by atoms with van der Waals surface area (Å²) in [6, 6.07) is 7.84. The highest BCUT2D eigenvalue weighted by atomic mass is 32.1. The molecule has 11 heteroatoms. The Kier molecular flexibility index (Phi) is 11.6. The van der Waals surface area contributed by atoms with Crippen molar-refractivity contribution in [2.24, 2.45) is 16.0 Å². The number of aliphatic hydroxyl groups is 2. The zero-order chi connectivity index (χ0) is 24.9. The summed E-state index contributed by atoms with van der Waals surface area (Å²) in [6.45, 7) is 6.53. The van der Waals surface area contributed by atoms with E-state index in [1.54, 1.807) is 6.92 Å². The van der Waals surface area contributed by atoms with Gasteiger partial charge in [0.2, 0.25) is 0 Å². The first-order valence-electron chi connectivity index (χ1n) is 10.9. The van der Waals surface area contributed by atoms with Gasteiger partial charge in [-0.3, -0.25) is 4.79 Å². The fraction of sp³-hybridized carbons (Fsp3) is 0.478. The van der Waals surface area contributed by atoms with Gasteiger partial charge in [-0.1, -0.05) is 0 Å². The van der Waals surface area contributed by atoms with Gasteiger partial charge in [0.15, 0.2) is 5.00 Å². The molecule has 0 radical (unpaired) electrons. The van der Waals surface area contributed by atoms with E-state index in [0.717, 1.165) is 35.6 Å². The maximum absolute atomic E-state index is 11.6. The summed E-state index contributed by atoms with van der Waals surface area (Å²) in [5, 5.41) is 36.0. The van der Waals surface area contributed by atoms with Crippen LogP contribution in [0.2, 0.25) is 0 Å². The molecular weight excluding hydrogens is 458 g/mol. The molecule has 1 amide bonds. The monoisotopic (exact) mass is 489 g/mol. The first-order valence-corrected chi connectivity index (χ1v) is 11.7. The highest BCUT2D eigenvalue weighted by molar-refractivity contribution is 7.18. The third-order valence-corrected chi connectivity index (χ3v) is 6.14. The highest BCUT2D eigenvalue weighted by Crippen LogP contribution is 2.36. The summed E-state index contributed by atoms with van der Waals surface area (Å²) >= 11 is 1.05. The van der Waals surface area contributed by atoms with Crippen LogP contribution in [0.5, 0.6) is 0 Å². The minimum atomic E-state index is -0.592. The topological polar surface area (TPSA) is 154 Å². The van der Waals surface area contributed by atoms with E-state index in [9.17, 15) is 10.1 Å². The Morgan fingerprint density at radius 2 is 1.82 bits per heavy atom. The zero-order valence-corrected chi connectivity index (χ0v) is 20.3. The van der Waals surface area contributed by atoms with Gasteiger partial charge in [-0.25, -0.2) is 0 Å². The smallest absolute Gasteiger partial charge is 0.259 e. The average molecular weight is 490 g/mol. The average Bonchev–Trinajstić information content (AvgIpc) is 3.14. The quantitative estimate of drug-likeness (QED) is 0.257. The van der Waals surface area contributed by atoms with E-state index in [-0.39, 0.29) is 19.8 Å². The van der Waals surface area contributed by atoms with Crippen molar-refractivity contribution in [1.82, 2.24) is 0 Å². The number of hydrogen-bond donors (Lipinski definition) is 3. The minimum absolute atomic E-state index is 0.00132. The van der Waals surface area contributed by atoms with Gasteiger partial charge < -0.3 is 30.3 Å². The van der Waals surface area contributed by atoms with Crippen LogP contribution in [0.15, 0.2) is 28.4 Å². The van der Waals surface area contributed by atoms with Gasteiger partial charge in [-0.15, -0.1) is 21.6 Å². The number of aliphatic hydroxyl groups excluding tert-OH is 2. The number of nitrogens with zero attached hydrogens (tertiary/aromatic N) is 4. The number of primary amides is 1. The summed E-state index contributed by atoms with van der Waals surface area (Å²) in [5.41, 5.74) is 8.71. The van der Waals surface area contributed by atoms with E-state index in [4.69, 9.17) is 25.4 Å². The number of hydrogen-bond acceptors (Lipinski definition) is 10. The Labute approximate surface area is 203 Å². The summed E-state index contributed by atoms with van der Waals surface area (Å²) in [7, 11) is 0.